The van der Waals surface area contributed by atoms with Gasteiger partial charge in [-0.2, -0.15) is 0 Å². The van der Waals surface area contributed by atoms with Crippen LogP contribution in [0.3, 0.4) is 0 Å². The van der Waals surface area contributed by atoms with Gasteiger partial charge in [0.15, 0.2) is 0 Å². The first-order valence-corrected chi connectivity index (χ1v) is 11.2. The van der Waals surface area contributed by atoms with Gasteiger partial charge in [0, 0.05) is 5.56 Å². The van der Waals surface area contributed by atoms with Gasteiger partial charge in [-0.15, -0.1) is 10.2 Å². The fourth-order valence-electron chi connectivity index (χ4n) is 2.94. The van der Waals surface area contributed by atoms with Crippen molar-refractivity contribution in [3.05, 3.63) is 95.0 Å². The summed E-state index contributed by atoms with van der Waals surface area (Å²) in [5.74, 6) is -0.0145. The summed E-state index contributed by atoms with van der Waals surface area (Å²) in [7, 11) is 0. The van der Waals surface area contributed by atoms with E-state index in [9.17, 15) is 4.79 Å². The summed E-state index contributed by atoms with van der Waals surface area (Å²) in [4.78, 5) is 12.2. The topological polar surface area (TPSA) is 54.9 Å². The standard InChI is InChI=1S/C24H17Cl2N3OS/c25-19-7-4-8-21(24(19)26)27-22(30)15-31-23-14-13-20(28-29-23)18-11-9-17(10-12-18)16-5-2-1-3-6-16/h1-14H,15H2,(H,27,30). The van der Waals surface area contributed by atoms with E-state index in [1.54, 1.807) is 18.2 Å². The molecule has 1 amide bonds. The van der Waals surface area contributed by atoms with Gasteiger partial charge in [0.05, 0.1) is 27.2 Å². The molecule has 0 aliphatic rings. The Morgan fingerprint density at radius 2 is 1.48 bits per heavy atom. The molecule has 4 rings (SSSR count). The lowest BCUT2D eigenvalue weighted by Gasteiger charge is -2.08. The van der Waals surface area contributed by atoms with Crippen LogP contribution >= 0.6 is 35.0 Å². The maximum absolute atomic E-state index is 12.2. The smallest absolute Gasteiger partial charge is 0.234 e. The van der Waals surface area contributed by atoms with Crippen molar-refractivity contribution in [2.75, 3.05) is 11.1 Å². The Balaban J connectivity index is 1.36. The van der Waals surface area contributed by atoms with Crippen molar-refractivity contribution in [2.24, 2.45) is 0 Å². The molecule has 4 aromatic rings. The first-order valence-electron chi connectivity index (χ1n) is 9.46. The van der Waals surface area contributed by atoms with Crippen LogP contribution in [0, 0.1) is 0 Å². The summed E-state index contributed by atoms with van der Waals surface area (Å²) in [6.45, 7) is 0. The lowest BCUT2D eigenvalue weighted by Crippen LogP contribution is -2.14. The number of carbonyl (C=O) groups is 1. The van der Waals surface area contributed by atoms with Crippen LogP contribution in [0.1, 0.15) is 0 Å². The second kappa shape index (κ2) is 9.96. The van der Waals surface area contributed by atoms with Crippen molar-refractivity contribution < 1.29 is 4.79 Å². The average molecular weight is 466 g/mol. The van der Waals surface area contributed by atoms with Crippen molar-refractivity contribution >= 4 is 46.6 Å². The number of hydrogen-bond acceptors (Lipinski definition) is 4. The molecule has 1 heterocycles. The second-order valence-corrected chi connectivity index (χ2v) is 8.42. The third-order valence-electron chi connectivity index (χ3n) is 4.50. The fourth-order valence-corrected chi connectivity index (χ4v) is 3.90. The Hall–Kier alpha value is -2.86. The second-order valence-electron chi connectivity index (χ2n) is 6.64. The van der Waals surface area contributed by atoms with Gasteiger partial charge < -0.3 is 5.32 Å². The van der Waals surface area contributed by atoms with Gasteiger partial charge in [-0.3, -0.25) is 4.79 Å². The number of benzene rings is 3. The maximum atomic E-state index is 12.2. The molecular weight excluding hydrogens is 449 g/mol. The summed E-state index contributed by atoms with van der Waals surface area (Å²) < 4.78 is 0. The van der Waals surface area contributed by atoms with Crippen molar-refractivity contribution in [3.8, 4) is 22.4 Å². The summed E-state index contributed by atoms with van der Waals surface area (Å²) in [6, 6.07) is 27.3. The van der Waals surface area contributed by atoms with E-state index in [0.717, 1.165) is 16.8 Å². The van der Waals surface area contributed by atoms with Gasteiger partial charge in [0.1, 0.15) is 5.03 Å². The number of thioether (sulfide) groups is 1. The molecule has 154 valence electrons. The van der Waals surface area contributed by atoms with Crippen molar-refractivity contribution in [2.45, 2.75) is 5.03 Å². The van der Waals surface area contributed by atoms with Crippen LogP contribution in [-0.2, 0) is 4.79 Å². The normalized spacial score (nSPS) is 10.6. The number of aromatic nitrogens is 2. The van der Waals surface area contributed by atoms with Gasteiger partial charge in [-0.05, 0) is 35.4 Å². The van der Waals surface area contributed by atoms with Crippen LogP contribution in [0.2, 0.25) is 10.0 Å². The number of carbonyl (C=O) groups excluding carboxylic acids is 1. The molecule has 0 unspecified atom stereocenters. The van der Waals surface area contributed by atoms with E-state index in [0.29, 0.717) is 20.8 Å². The lowest BCUT2D eigenvalue weighted by atomic mass is 10.0. The Morgan fingerprint density at radius 3 is 2.19 bits per heavy atom. The van der Waals surface area contributed by atoms with Crippen molar-refractivity contribution in [3.63, 3.8) is 0 Å². The molecule has 3 aromatic carbocycles. The van der Waals surface area contributed by atoms with Crippen LogP contribution in [0.5, 0.6) is 0 Å². The Bertz CT molecular complexity index is 1180. The predicted molar refractivity (Wildman–Crippen MR) is 129 cm³/mol. The van der Waals surface area contributed by atoms with E-state index in [4.69, 9.17) is 23.2 Å². The van der Waals surface area contributed by atoms with Gasteiger partial charge in [-0.25, -0.2) is 0 Å². The highest BCUT2D eigenvalue weighted by atomic mass is 35.5. The molecule has 0 bridgehead atoms. The van der Waals surface area contributed by atoms with Gasteiger partial charge in [0.2, 0.25) is 5.91 Å². The number of nitrogens with one attached hydrogen (secondary N) is 1. The fraction of sp³-hybridized carbons (Fsp3) is 0.0417. The number of anilines is 1. The van der Waals surface area contributed by atoms with Crippen molar-refractivity contribution in [1.29, 1.82) is 0 Å². The zero-order valence-corrected chi connectivity index (χ0v) is 18.6. The van der Waals surface area contributed by atoms with E-state index >= 15 is 0 Å². The van der Waals surface area contributed by atoms with Crippen LogP contribution in [0.25, 0.3) is 22.4 Å². The molecule has 0 saturated carbocycles. The number of hydrogen-bond donors (Lipinski definition) is 1. The average Bonchev–Trinajstić information content (AvgIpc) is 2.82. The minimum Gasteiger partial charge on any atom is -0.324 e. The van der Waals surface area contributed by atoms with Crippen molar-refractivity contribution in [1.82, 2.24) is 10.2 Å². The number of amides is 1. The number of halogens is 2. The maximum Gasteiger partial charge on any atom is 0.234 e. The molecule has 4 nitrogen and oxygen atoms in total. The zero-order chi connectivity index (χ0) is 21.6. The monoisotopic (exact) mass is 465 g/mol. The highest BCUT2D eigenvalue weighted by Crippen LogP contribution is 2.30. The van der Waals surface area contributed by atoms with Crippen LogP contribution < -0.4 is 5.32 Å². The first-order chi connectivity index (χ1) is 15.1. The minimum atomic E-state index is -0.198. The quantitative estimate of drug-likeness (QED) is 0.316. The molecule has 0 aliphatic carbocycles. The molecule has 0 aliphatic heterocycles. The van der Waals surface area contributed by atoms with Gasteiger partial charge >= 0.3 is 0 Å². The van der Waals surface area contributed by atoms with E-state index in [1.807, 2.05) is 42.5 Å². The van der Waals surface area contributed by atoms with Gasteiger partial charge in [0.25, 0.3) is 0 Å². The molecule has 0 spiro atoms. The number of nitrogens with zero attached hydrogens (tertiary/aromatic N) is 2. The summed E-state index contributed by atoms with van der Waals surface area (Å²) in [5.41, 5.74) is 4.57. The Labute approximate surface area is 194 Å². The molecule has 1 aromatic heterocycles. The van der Waals surface area contributed by atoms with E-state index in [-0.39, 0.29) is 11.7 Å². The lowest BCUT2D eigenvalue weighted by molar-refractivity contribution is -0.113. The summed E-state index contributed by atoms with van der Waals surface area (Å²) in [5, 5.41) is 12.7. The SMILES string of the molecule is O=C(CSc1ccc(-c2ccc(-c3ccccc3)cc2)nn1)Nc1cccc(Cl)c1Cl. The van der Waals surface area contributed by atoms with E-state index in [2.05, 4.69) is 39.8 Å². The van der Waals surface area contributed by atoms with Gasteiger partial charge in [-0.1, -0.05) is 95.6 Å². The summed E-state index contributed by atoms with van der Waals surface area (Å²) in [6.07, 6.45) is 0. The molecule has 0 radical (unpaired) electrons. The third kappa shape index (κ3) is 5.44. The molecule has 0 atom stereocenters. The summed E-state index contributed by atoms with van der Waals surface area (Å²) >= 11 is 13.4. The van der Waals surface area contributed by atoms with Crippen LogP contribution in [0.4, 0.5) is 5.69 Å². The first kappa shape index (κ1) is 21.4. The molecular formula is C24H17Cl2N3OS. The Morgan fingerprint density at radius 1 is 0.774 bits per heavy atom. The number of rotatable bonds is 6. The molecule has 31 heavy (non-hydrogen) atoms. The predicted octanol–water partition coefficient (Wildman–Crippen LogP) is 6.85. The molecule has 0 fully saturated rings. The van der Waals surface area contributed by atoms with E-state index in [1.165, 1.54) is 17.3 Å². The minimum absolute atomic E-state index is 0.183. The molecule has 1 N–H and O–H groups in total. The molecule has 0 saturated heterocycles. The van der Waals surface area contributed by atoms with E-state index < -0.39 is 0 Å². The van der Waals surface area contributed by atoms with Crippen LogP contribution in [0.15, 0.2) is 90.0 Å². The zero-order valence-electron chi connectivity index (χ0n) is 16.3. The highest BCUT2D eigenvalue weighted by molar-refractivity contribution is 7.99. The van der Waals surface area contributed by atoms with Crippen LogP contribution in [-0.4, -0.2) is 21.9 Å². The third-order valence-corrected chi connectivity index (χ3v) is 6.24. The molecule has 7 heteroatoms. The largest absolute Gasteiger partial charge is 0.324 e. The highest BCUT2D eigenvalue weighted by Gasteiger charge is 2.10. The Kier molecular flexibility index (Phi) is 6.87.